The number of unbranched alkanes of at least 4 members (excludes halogenated alkanes) is 30. The van der Waals surface area contributed by atoms with Gasteiger partial charge in [0.15, 0.2) is 5.71 Å². The van der Waals surface area contributed by atoms with Crippen LogP contribution in [-0.4, -0.2) is 53.5 Å². The van der Waals surface area contributed by atoms with Gasteiger partial charge in [-0.1, -0.05) is 250 Å². The summed E-state index contributed by atoms with van der Waals surface area (Å²) in [5, 5.41) is 0.650. The lowest BCUT2D eigenvalue weighted by molar-refractivity contribution is -0.438. The van der Waals surface area contributed by atoms with Gasteiger partial charge in [0.25, 0.3) is 11.8 Å². The van der Waals surface area contributed by atoms with Crippen molar-refractivity contribution >= 4 is 42.1 Å². The zero-order valence-electron chi connectivity index (χ0n) is 49.0. The highest BCUT2D eigenvalue weighted by Gasteiger charge is 2.44. The highest BCUT2D eigenvalue weighted by Crippen LogP contribution is 2.48. The van der Waals surface area contributed by atoms with Crippen LogP contribution in [-0.2, 0) is 36.5 Å². The smallest absolute Gasteiger partial charge is 0.418 e. The molecule has 0 unspecified atom stereocenters. The summed E-state index contributed by atoms with van der Waals surface area (Å²) < 4.78 is 41.6. The quantitative estimate of drug-likeness (QED) is 0.0219. The predicted molar refractivity (Wildman–Crippen MR) is 313 cm³/mol. The van der Waals surface area contributed by atoms with E-state index < -0.39 is 25.0 Å². The van der Waals surface area contributed by atoms with Crippen LogP contribution < -0.4 is 4.90 Å². The SMILES string of the molecule is CCCCCCCCCCCCCCCCCCN1/C(=C/C=C/C2=[N+](CCCCCCCCCCCCCCCCCC)c3ccccc3C2(C)C)C(C)(C)c2cc(CC(=O)ON3C(=O)CCC3=O)ccc21.F[B-](F)(F)F. The number of carbonyl (C=O) groups is 3. The number of hydrogen-bond acceptors (Lipinski definition) is 5. The molecule has 0 bridgehead atoms. The van der Waals surface area contributed by atoms with E-state index in [1.807, 2.05) is 6.07 Å². The molecule has 3 heterocycles. The summed E-state index contributed by atoms with van der Waals surface area (Å²) in [6.45, 7) is 15.9. The van der Waals surface area contributed by atoms with Gasteiger partial charge in [-0.05, 0) is 50.0 Å². The summed E-state index contributed by atoms with van der Waals surface area (Å²) in [5.74, 6) is -1.51. The Bertz CT molecular complexity index is 2140. The molecule has 3 aliphatic rings. The first kappa shape index (κ1) is 65.3. The number of allylic oxidation sites excluding steroid dienone is 4. The molecule has 12 heteroatoms. The minimum atomic E-state index is -6.00. The topological polar surface area (TPSA) is 69.9 Å². The van der Waals surface area contributed by atoms with E-state index in [9.17, 15) is 31.6 Å². The third kappa shape index (κ3) is 23.2. The highest BCUT2D eigenvalue weighted by molar-refractivity contribution is 6.50. The summed E-state index contributed by atoms with van der Waals surface area (Å²) in [4.78, 5) is 45.2. The number of anilines is 1. The number of hydrogen-bond donors (Lipinski definition) is 0. The van der Waals surface area contributed by atoms with Crippen molar-refractivity contribution in [3.63, 3.8) is 0 Å². The molecule has 2 amide bonds. The third-order valence-electron chi connectivity index (χ3n) is 16.3. The van der Waals surface area contributed by atoms with Crippen molar-refractivity contribution in [1.29, 1.82) is 0 Å². The first-order valence-electron chi connectivity index (χ1n) is 31.0. The Kier molecular flexibility index (Phi) is 30.0. The van der Waals surface area contributed by atoms with E-state index in [2.05, 4.69) is 106 Å². The predicted octanol–water partition coefficient (Wildman–Crippen LogP) is 19.3. The summed E-state index contributed by atoms with van der Waals surface area (Å²) >= 11 is 0. The Labute approximate surface area is 464 Å². The van der Waals surface area contributed by atoms with E-state index in [1.54, 1.807) is 0 Å². The molecule has 5 rings (SSSR count). The number of carbonyl (C=O) groups excluding carboxylic acids is 3. The molecule has 0 saturated carbocycles. The third-order valence-corrected chi connectivity index (χ3v) is 16.3. The Morgan fingerprint density at radius 2 is 1.01 bits per heavy atom. The standard InChI is InChI=1S/C65H102N3O4.BF4/c1-7-9-11-13-15-17-19-21-23-25-27-29-31-33-35-39-50-66-57-43-38-37-42-55(57)64(3,4)59(66)44-41-45-60-65(5,6)56-52-54(53-63(71)72-68-61(69)48-49-62(68)70)46-47-58(56)67(60)51-40-36-34-32-30-28-26-24-22-20-18-16-14-12-10-8-2;2-1(3,4)5/h37-38,41-47,52H,7-36,39-40,48-51,53H2,1-6H3;/q+1;-1. The second-order valence-corrected chi connectivity index (χ2v) is 23.5. The molecule has 2 aromatic carbocycles. The molecule has 0 spiro atoms. The average molecular weight is 1080 g/mol. The average Bonchev–Trinajstić information content (AvgIpc) is 3.90. The van der Waals surface area contributed by atoms with Crippen molar-refractivity contribution in [1.82, 2.24) is 5.06 Å². The van der Waals surface area contributed by atoms with E-state index in [-0.39, 0.29) is 30.1 Å². The van der Waals surface area contributed by atoms with Crippen LogP contribution in [0.4, 0.5) is 28.6 Å². The number of nitrogens with zero attached hydrogens (tertiary/aromatic N) is 3. The van der Waals surface area contributed by atoms with Crippen LogP contribution in [0, 0.1) is 0 Å². The van der Waals surface area contributed by atoms with Crippen LogP contribution in [0.2, 0.25) is 0 Å². The lowest BCUT2D eigenvalue weighted by atomic mass is 9.81. The number of halogens is 4. The second kappa shape index (κ2) is 35.4. The summed E-state index contributed by atoms with van der Waals surface area (Å²) in [7, 11) is -6.00. The summed E-state index contributed by atoms with van der Waals surface area (Å²) in [6.07, 6.45) is 50.8. The molecule has 7 nitrogen and oxygen atoms in total. The zero-order valence-corrected chi connectivity index (χ0v) is 49.0. The molecule has 0 atom stereocenters. The number of hydroxylamine groups is 2. The molecule has 77 heavy (non-hydrogen) atoms. The molecule has 1 fully saturated rings. The molecule has 0 N–H and O–H groups in total. The monoisotopic (exact) mass is 1080 g/mol. The minimum Gasteiger partial charge on any atom is -0.418 e. The second-order valence-electron chi connectivity index (χ2n) is 23.5. The Morgan fingerprint density at radius 3 is 1.48 bits per heavy atom. The maximum absolute atomic E-state index is 13.1. The summed E-state index contributed by atoms with van der Waals surface area (Å²) in [5.41, 5.74) is 8.12. The number of para-hydroxylation sites is 1. The summed E-state index contributed by atoms with van der Waals surface area (Å²) in [6, 6.07) is 15.3. The van der Waals surface area contributed by atoms with Gasteiger partial charge in [-0.25, -0.2) is 4.79 Å². The Morgan fingerprint density at radius 1 is 0.584 bits per heavy atom. The van der Waals surface area contributed by atoms with Gasteiger partial charge < -0.3 is 27.0 Å². The molecule has 0 aliphatic carbocycles. The van der Waals surface area contributed by atoms with E-state index in [4.69, 9.17) is 4.84 Å². The van der Waals surface area contributed by atoms with Gasteiger partial charge in [-0.3, -0.25) is 9.59 Å². The van der Waals surface area contributed by atoms with Gasteiger partial charge in [0, 0.05) is 60.3 Å². The first-order chi connectivity index (χ1) is 37.0. The number of fused-ring (bicyclic) bond motifs is 2. The molecular formula is C65H102BF4N3O4. The molecule has 3 aliphatic heterocycles. The normalized spacial score (nSPS) is 16.3. The van der Waals surface area contributed by atoms with Gasteiger partial charge in [-0.15, -0.1) is 5.06 Å². The van der Waals surface area contributed by atoms with Gasteiger partial charge in [-0.2, -0.15) is 4.58 Å². The number of benzene rings is 2. The molecule has 0 radical (unpaired) electrons. The number of imide groups is 1. The van der Waals surface area contributed by atoms with Crippen LogP contribution in [0.15, 0.2) is 66.4 Å². The fourth-order valence-corrected chi connectivity index (χ4v) is 11.8. The van der Waals surface area contributed by atoms with Crippen LogP contribution in [0.5, 0.6) is 0 Å². The molecule has 2 aromatic rings. The first-order valence-corrected chi connectivity index (χ1v) is 31.0. The number of amides is 2. The van der Waals surface area contributed by atoms with Crippen LogP contribution in [0.1, 0.15) is 277 Å². The molecule has 432 valence electrons. The molecule has 0 aromatic heterocycles. The van der Waals surface area contributed by atoms with Crippen molar-refractivity contribution in [3.8, 4) is 0 Å². The van der Waals surface area contributed by atoms with Gasteiger partial charge >= 0.3 is 13.2 Å². The van der Waals surface area contributed by atoms with E-state index in [1.165, 1.54) is 233 Å². The lowest BCUT2D eigenvalue weighted by Gasteiger charge is -2.27. The minimum absolute atomic E-state index is 0.0122. The van der Waals surface area contributed by atoms with Crippen molar-refractivity contribution < 1.29 is 41.1 Å². The Hall–Kier alpha value is -4.22. The van der Waals surface area contributed by atoms with E-state index in [0.29, 0.717) is 5.06 Å². The maximum atomic E-state index is 13.1. The van der Waals surface area contributed by atoms with Crippen molar-refractivity contribution in [2.45, 2.75) is 277 Å². The fourth-order valence-electron chi connectivity index (χ4n) is 11.8. The van der Waals surface area contributed by atoms with Crippen LogP contribution >= 0.6 is 0 Å². The zero-order chi connectivity index (χ0) is 55.9. The number of rotatable bonds is 39. The van der Waals surface area contributed by atoms with E-state index >= 15 is 0 Å². The largest absolute Gasteiger partial charge is 0.673 e. The molecular weight excluding hydrogens is 974 g/mol. The maximum Gasteiger partial charge on any atom is 0.673 e. The van der Waals surface area contributed by atoms with Crippen molar-refractivity contribution in [3.05, 3.63) is 83.1 Å². The van der Waals surface area contributed by atoms with Crippen LogP contribution in [0.25, 0.3) is 0 Å². The molecule has 1 saturated heterocycles. The highest BCUT2D eigenvalue weighted by atomic mass is 19.5. The Balaban J connectivity index is 0.00000244. The fraction of sp³-hybridized carbons (Fsp3) is 0.692. The van der Waals surface area contributed by atoms with Gasteiger partial charge in [0.05, 0.1) is 11.8 Å². The lowest BCUT2D eigenvalue weighted by Crippen LogP contribution is -2.32. The van der Waals surface area contributed by atoms with Crippen molar-refractivity contribution in [2.24, 2.45) is 0 Å². The van der Waals surface area contributed by atoms with E-state index in [0.717, 1.165) is 25.1 Å². The van der Waals surface area contributed by atoms with Gasteiger partial charge in [0.2, 0.25) is 5.69 Å². The van der Waals surface area contributed by atoms with Crippen molar-refractivity contribution in [2.75, 3.05) is 18.0 Å². The van der Waals surface area contributed by atoms with Gasteiger partial charge in [0.1, 0.15) is 6.54 Å². The van der Waals surface area contributed by atoms with Crippen LogP contribution in [0.3, 0.4) is 0 Å².